The molecule has 5 nitrogen and oxygen atoms in total. The lowest BCUT2D eigenvalue weighted by atomic mass is 10.0. The van der Waals surface area contributed by atoms with E-state index in [2.05, 4.69) is 28.0 Å². The minimum absolute atomic E-state index is 0.175. The third-order valence-electron chi connectivity index (χ3n) is 6.17. The SMILES string of the molecule is O=C(CC1CCCC1)N1CCC[C@H]1c1cccc(CN2CCOCC2)n1. The molecule has 0 radical (unpaired) electrons. The number of nitrogens with zero attached hydrogens (tertiary/aromatic N) is 3. The Bertz CT molecular complexity index is 609. The number of pyridine rings is 1. The molecule has 1 aliphatic carbocycles. The molecule has 1 saturated carbocycles. The molecule has 0 unspecified atom stereocenters. The summed E-state index contributed by atoms with van der Waals surface area (Å²) in [5.74, 6) is 0.962. The van der Waals surface area contributed by atoms with Gasteiger partial charge < -0.3 is 9.64 Å². The van der Waals surface area contributed by atoms with Crippen LogP contribution in [0.2, 0.25) is 0 Å². The van der Waals surface area contributed by atoms with Gasteiger partial charge in [0.15, 0.2) is 0 Å². The normalized spacial score (nSPS) is 25.1. The summed E-state index contributed by atoms with van der Waals surface area (Å²) in [7, 11) is 0. The van der Waals surface area contributed by atoms with Gasteiger partial charge in [0.05, 0.1) is 30.6 Å². The minimum atomic E-state index is 0.175. The third-order valence-corrected chi connectivity index (χ3v) is 6.17. The fraction of sp³-hybridized carbons (Fsp3) is 0.714. The molecule has 2 aliphatic heterocycles. The Morgan fingerprint density at radius 3 is 2.69 bits per heavy atom. The topological polar surface area (TPSA) is 45.7 Å². The van der Waals surface area contributed by atoms with Crippen molar-refractivity contribution in [1.29, 1.82) is 0 Å². The molecule has 1 aromatic heterocycles. The molecular formula is C21H31N3O2. The van der Waals surface area contributed by atoms with Crippen LogP contribution in [-0.4, -0.2) is 53.5 Å². The van der Waals surface area contributed by atoms with Gasteiger partial charge in [0.1, 0.15) is 0 Å². The summed E-state index contributed by atoms with van der Waals surface area (Å²) in [4.78, 5) is 22.3. The third kappa shape index (κ3) is 4.26. The maximum Gasteiger partial charge on any atom is 0.223 e. The standard InChI is InChI=1S/C21H31N3O2/c25-21(15-17-5-1-2-6-17)24-10-4-9-20(24)19-8-3-7-18(22-19)16-23-11-13-26-14-12-23/h3,7-8,17,20H,1-2,4-6,9-16H2/t20-/m0/s1. The second kappa shape index (κ2) is 8.49. The molecule has 1 atom stereocenters. The molecular weight excluding hydrogens is 326 g/mol. The van der Waals surface area contributed by atoms with Crippen LogP contribution in [0.25, 0.3) is 0 Å². The Balaban J connectivity index is 1.41. The van der Waals surface area contributed by atoms with Gasteiger partial charge in [-0.25, -0.2) is 0 Å². The van der Waals surface area contributed by atoms with Gasteiger partial charge in [-0.3, -0.25) is 14.7 Å². The predicted molar refractivity (Wildman–Crippen MR) is 101 cm³/mol. The maximum absolute atomic E-state index is 12.9. The second-order valence-electron chi connectivity index (χ2n) is 8.04. The van der Waals surface area contributed by atoms with Crippen molar-refractivity contribution in [2.45, 2.75) is 57.5 Å². The second-order valence-corrected chi connectivity index (χ2v) is 8.04. The summed E-state index contributed by atoms with van der Waals surface area (Å²) in [5, 5.41) is 0. The molecule has 1 aromatic rings. The summed E-state index contributed by atoms with van der Waals surface area (Å²) in [6.45, 7) is 5.34. The molecule has 4 rings (SSSR count). The highest BCUT2D eigenvalue weighted by molar-refractivity contribution is 5.77. The lowest BCUT2D eigenvalue weighted by Crippen LogP contribution is -2.36. The summed E-state index contributed by atoms with van der Waals surface area (Å²) < 4.78 is 5.43. The number of amides is 1. The number of likely N-dealkylation sites (tertiary alicyclic amines) is 1. The molecule has 3 fully saturated rings. The van der Waals surface area contributed by atoms with E-state index in [9.17, 15) is 4.79 Å². The highest BCUT2D eigenvalue weighted by Gasteiger charge is 2.32. The minimum Gasteiger partial charge on any atom is -0.379 e. The molecule has 0 aromatic carbocycles. The van der Waals surface area contributed by atoms with Gasteiger partial charge in [0.25, 0.3) is 0 Å². The first-order chi connectivity index (χ1) is 12.8. The molecule has 26 heavy (non-hydrogen) atoms. The monoisotopic (exact) mass is 357 g/mol. The van der Waals surface area contributed by atoms with Gasteiger partial charge in [-0.1, -0.05) is 18.9 Å². The quantitative estimate of drug-likeness (QED) is 0.812. The molecule has 142 valence electrons. The Morgan fingerprint density at radius 1 is 1.08 bits per heavy atom. The van der Waals surface area contributed by atoms with Crippen LogP contribution in [0.1, 0.15) is 62.4 Å². The number of carbonyl (C=O) groups is 1. The van der Waals surface area contributed by atoms with Gasteiger partial charge in [-0.15, -0.1) is 0 Å². The first kappa shape index (κ1) is 17.9. The van der Waals surface area contributed by atoms with Crippen molar-refractivity contribution in [3.05, 3.63) is 29.6 Å². The smallest absolute Gasteiger partial charge is 0.223 e. The van der Waals surface area contributed by atoms with Crippen molar-refractivity contribution in [2.75, 3.05) is 32.8 Å². The van der Waals surface area contributed by atoms with E-state index in [4.69, 9.17) is 9.72 Å². The van der Waals surface area contributed by atoms with Gasteiger partial charge in [-0.05, 0) is 43.7 Å². The van der Waals surface area contributed by atoms with Crippen molar-refractivity contribution in [1.82, 2.24) is 14.8 Å². The fourth-order valence-corrected chi connectivity index (χ4v) is 4.71. The number of rotatable bonds is 5. The van der Waals surface area contributed by atoms with E-state index in [1.807, 2.05) is 0 Å². The number of morpholine rings is 1. The lowest BCUT2D eigenvalue weighted by molar-refractivity contribution is -0.133. The van der Waals surface area contributed by atoms with Crippen LogP contribution < -0.4 is 0 Å². The van der Waals surface area contributed by atoms with E-state index < -0.39 is 0 Å². The van der Waals surface area contributed by atoms with Gasteiger partial charge in [0, 0.05) is 32.6 Å². The van der Waals surface area contributed by atoms with E-state index in [1.54, 1.807) is 0 Å². The van der Waals surface area contributed by atoms with Crippen LogP contribution >= 0.6 is 0 Å². The predicted octanol–water partition coefficient (Wildman–Crippen LogP) is 3.16. The van der Waals surface area contributed by atoms with Crippen LogP contribution in [0.15, 0.2) is 18.2 Å². The summed E-state index contributed by atoms with van der Waals surface area (Å²) in [6.07, 6.45) is 7.94. The summed E-state index contributed by atoms with van der Waals surface area (Å²) >= 11 is 0. The number of carbonyl (C=O) groups excluding carboxylic acids is 1. The average molecular weight is 357 g/mol. The van der Waals surface area contributed by atoms with Crippen molar-refractivity contribution in [2.24, 2.45) is 5.92 Å². The lowest BCUT2D eigenvalue weighted by Gasteiger charge is -2.28. The van der Waals surface area contributed by atoms with Gasteiger partial charge >= 0.3 is 0 Å². The highest BCUT2D eigenvalue weighted by Crippen LogP contribution is 2.34. The molecule has 2 saturated heterocycles. The Morgan fingerprint density at radius 2 is 1.88 bits per heavy atom. The molecule has 0 bridgehead atoms. The van der Waals surface area contributed by atoms with Crippen LogP contribution in [-0.2, 0) is 16.1 Å². The maximum atomic E-state index is 12.9. The van der Waals surface area contributed by atoms with Gasteiger partial charge in [0.2, 0.25) is 5.91 Å². The zero-order valence-corrected chi connectivity index (χ0v) is 15.7. The van der Waals surface area contributed by atoms with E-state index >= 15 is 0 Å². The first-order valence-electron chi connectivity index (χ1n) is 10.3. The fourth-order valence-electron chi connectivity index (χ4n) is 4.71. The van der Waals surface area contributed by atoms with Crippen LogP contribution in [0.5, 0.6) is 0 Å². The number of aromatic nitrogens is 1. The molecule has 0 N–H and O–H groups in total. The number of ether oxygens (including phenoxy) is 1. The summed E-state index contributed by atoms with van der Waals surface area (Å²) in [6, 6.07) is 6.50. The van der Waals surface area contributed by atoms with Crippen LogP contribution in [0.3, 0.4) is 0 Å². The van der Waals surface area contributed by atoms with E-state index in [1.165, 1.54) is 25.7 Å². The zero-order valence-electron chi connectivity index (χ0n) is 15.7. The van der Waals surface area contributed by atoms with Crippen molar-refractivity contribution in [3.63, 3.8) is 0 Å². The average Bonchev–Trinajstić information content (AvgIpc) is 3.34. The summed E-state index contributed by atoms with van der Waals surface area (Å²) in [5.41, 5.74) is 2.19. The van der Waals surface area contributed by atoms with Crippen molar-refractivity contribution in [3.8, 4) is 0 Å². The molecule has 3 aliphatic rings. The van der Waals surface area contributed by atoms with Gasteiger partial charge in [-0.2, -0.15) is 0 Å². The van der Waals surface area contributed by atoms with E-state index in [0.717, 1.165) is 70.0 Å². The van der Waals surface area contributed by atoms with Crippen molar-refractivity contribution >= 4 is 5.91 Å². The number of hydrogen-bond donors (Lipinski definition) is 0. The highest BCUT2D eigenvalue weighted by atomic mass is 16.5. The Labute approximate surface area is 156 Å². The van der Waals surface area contributed by atoms with Crippen LogP contribution in [0, 0.1) is 5.92 Å². The van der Waals surface area contributed by atoms with E-state index in [0.29, 0.717) is 11.8 Å². The Hall–Kier alpha value is -1.46. The largest absolute Gasteiger partial charge is 0.379 e. The Kier molecular flexibility index (Phi) is 5.85. The molecule has 0 spiro atoms. The van der Waals surface area contributed by atoms with Crippen LogP contribution in [0.4, 0.5) is 0 Å². The molecule has 5 heteroatoms. The number of hydrogen-bond acceptors (Lipinski definition) is 4. The van der Waals surface area contributed by atoms with E-state index in [-0.39, 0.29) is 6.04 Å². The zero-order chi connectivity index (χ0) is 17.8. The molecule has 1 amide bonds. The van der Waals surface area contributed by atoms with Crippen molar-refractivity contribution < 1.29 is 9.53 Å². The molecule has 3 heterocycles. The first-order valence-corrected chi connectivity index (χ1v) is 10.3.